The van der Waals surface area contributed by atoms with E-state index >= 15 is 0 Å². The van der Waals surface area contributed by atoms with Crippen LogP contribution in [0.2, 0.25) is 0 Å². The number of carbonyl (C=O) groups excluding carboxylic acids is 2. The summed E-state index contributed by atoms with van der Waals surface area (Å²) in [7, 11) is 0. The van der Waals surface area contributed by atoms with Crippen molar-refractivity contribution >= 4 is 11.9 Å². The zero-order chi connectivity index (χ0) is 53.2. The lowest BCUT2D eigenvalue weighted by atomic mass is 9.78. The molecule has 8 rings (SSSR count). The van der Waals surface area contributed by atoms with E-state index in [1.807, 2.05) is 152 Å². The predicted molar refractivity (Wildman–Crippen MR) is 293 cm³/mol. The van der Waals surface area contributed by atoms with Gasteiger partial charge in [0.1, 0.15) is 60.2 Å². The number of rotatable bonds is 24. The van der Waals surface area contributed by atoms with Gasteiger partial charge in [-0.05, 0) is 62.1 Å². The number of imidazole rings is 4. The highest BCUT2D eigenvalue weighted by atomic mass is 16.5. The molecule has 0 fully saturated rings. The molecular weight excluding hydrogens is 943 g/mol. The van der Waals surface area contributed by atoms with Crippen molar-refractivity contribution in [2.75, 3.05) is 19.8 Å². The van der Waals surface area contributed by atoms with Crippen molar-refractivity contribution in [3.63, 3.8) is 0 Å². The minimum absolute atomic E-state index is 0.106. The van der Waals surface area contributed by atoms with Crippen molar-refractivity contribution in [2.45, 2.75) is 124 Å². The van der Waals surface area contributed by atoms with Crippen LogP contribution in [-0.2, 0) is 31.3 Å². The molecule has 4 aromatic carbocycles. The third kappa shape index (κ3) is 15.5. The van der Waals surface area contributed by atoms with Gasteiger partial charge in [-0.2, -0.15) is 0 Å². The average Bonchev–Trinajstić information content (AvgIpc) is 4.26. The molecule has 0 radical (unpaired) electrons. The SMILES string of the molecule is CC(C)(c1cccc(OCC(O)Cn2ccnc2-c2ccccc2)c1)c1cccc(OCC(O)Cn2ccnc2-c2ccccc2)c1.CCc1nc(C)cn1C(=O)CCCCCCCNC(=O)n1cc(C)nc1CC. The summed E-state index contributed by atoms with van der Waals surface area (Å²) in [5, 5.41) is 24.6. The Morgan fingerprint density at radius 2 is 1.08 bits per heavy atom. The summed E-state index contributed by atoms with van der Waals surface area (Å²) in [6.45, 7) is 13.8. The molecule has 0 saturated heterocycles. The number of hydrogen-bond donors (Lipinski definition) is 3. The second-order valence-corrected chi connectivity index (χ2v) is 19.3. The topological polar surface area (TPSA) is 176 Å². The van der Waals surface area contributed by atoms with Crippen LogP contribution in [0.5, 0.6) is 11.5 Å². The van der Waals surface area contributed by atoms with Crippen molar-refractivity contribution in [3.8, 4) is 34.3 Å². The van der Waals surface area contributed by atoms with Gasteiger partial charge in [-0.1, -0.05) is 132 Å². The summed E-state index contributed by atoms with van der Waals surface area (Å²) >= 11 is 0. The van der Waals surface area contributed by atoms with Gasteiger partial charge in [-0.25, -0.2) is 24.7 Å². The van der Waals surface area contributed by atoms with Gasteiger partial charge < -0.3 is 34.1 Å². The minimum Gasteiger partial charge on any atom is -0.491 e. The number of hydrogen-bond acceptors (Lipinski definition) is 10. The first-order valence-electron chi connectivity index (χ1n) is 26.2. The van der Waals surface area contributed by atoms with Gasteiger partial charge in [0.25, 0.3) is 0 Å². The van der Waals surface area contributed by atoms with E-state index in [0.717, 1.165) is 102 Å². The quantitative estimate of drug-likeness (QED) is 0.0494. The summed E-state index contributed by atoms with van der Waals surface area (Å²) in [4.78, 5) is 42.2. The first-order chi connectivity index (χ1) is 36.3. The van der Waals surface area contributed by atoms with Gasteiger partial charge in [0, 0.05) is 79.5 Å². The maximum atomic E-state index is 12.3. The maximum Gasteiger partial charge on any atom is 0.327 e. The highest BCUT2D eigenvalue weighted by Gasteiger charge is 2.25. The van der Waals surface area contributed by atoms with E-state index in [1.54, 1.807) is 27.7 Å². The molecule has 2 atom stereocenters. The number of nitrogens with one attached hydrogen (secondary N) is 1. The highest BCUT2D eigenvalue weighted by molar-refractivity contribution is 5.79. The van der Waals surface area contributed by atoms with Gasteiger partial charge in [-0.3, -0.25) is 13.9 Å². The molecule has 1 amide bonds. The van der Waals surface area contributed by atoms with Crippen LogP contribution in [0.1, 0.15) is 105 Å². The molecule has 0 bridgehead atoms. The number of ether oxygens (including phenoxy) is 2. The first kappa shape index (κ1) is 55.1. The number of carbonyl (C=O) groups is 2. The van der Waals surface area contributed by atoms with E-state index in [9.17, 15) is 19.8 Å². The Morgan fingerprint density at radius 3 is 1.59 bits per heavy atom. The summed E-state index contributed by atoms with van der Waals surface area (Å²) in [5.74, 6) is 4.76. The van der Waals surface area contributed by atoms with Gasteiger partial charge in [0.15, 0.2) is 0 Å². The third-order valence-corrected chi connectivity index (χ3v) is 13.1. The molecule has 0 aliphatic carbocycles. The number of aliphatic hydroxyl groups is 2. The monoisotopic (exact) mass is 1020 g/mol. The van der Waals surface area contributed by atoms with Gasteiger partial charge in [0.2, 0.25) is 5.91 Å². The second-order valence-electron chi connectivity index (χ2n) is 19.3. The zero-order valence-electron chi connectivity index (χ0n) is 44.3. The molecule has 394 valence electrons. The number of amides is 1. The van der Waals surface area contributed by atoms with Crippen molar-refractivity contribution in [1.82, 2.24) is 43.5 Å². The van der Waals surface area contributed by atoms with Gasteiger partial charge >= 0.3 is 6.03 Å². The number of aliphatic hydroxyl groups excluding tert-OH is 2. The van der Waals surface area contributed by atoms with Crippen molar-refractivity contribution in [1.29, 1.82) is 0 Å². The molecule has 15 nitrogen and oxygen atoms in total. The second kappa shape index (κ2) is 27.1. The maximum absolute atomic E-state index is 12.3. The third-order valence-electron chi connectivity index (χ3n) is 13.1. The number of aromatic nitrogens is 8. The standard InChI is InChI=1S/C39H40N4O4.C21H33N5O2/c1-39(2,31-15-9-17-35(23-31)46-27-33(44)25-42-21-19-40-37(42)29-11-5-3-6-12-29)32-16-10-18-36(24-32)47-28-34(45)26-43-22-20-41-38(43)30-13-7-4-8-14-30;1-5-18-23-16(3)14-25(18)20(27)12-10-8-7-9-11-13-22-21(28)26-15-17(4)24-19(26)6-2/h3-24,33-34,44-45H,25-28H2,1-2H3;14-15H,5-13H2,1-4H3,(H,22,28). The Bertz CT molecular complexity index is 2830. The predicted octanol–water partition coefficient (Wildman–Crippen LogP) is 10.7. The number of aryl methyl sites for hydroxylation is 4. The van der Waals surface area contributed by atoms with E-state index in [4.69, 9.17) is 9.47 Å². The Balaban J connectivity index is 0.000000251. The zero-order valence-corrected chi connectivity index (χ0v) is 44.3. The number of benzene rings is 4. The van der Waals surface area contributed by atoms with Crippen LogP contribution in [0, 0.1) is 13.8 Å². The van der Waals surface area contributed by atoms with Crippen LogP contribution in [0.25, 0.3) is 22.8 Å². The van der Waals surface area contributed by atoms with Crippen LogP contribution >= 0.6 is 0 Å². The molecule has 0 aliphatic rings. The van der Waals surface area contributed by atoms with E-state index in [1.165, 1.54) is 0 Å². The number of nitrogens with zero attached hydrogens (tertiary/aromatic N) is 8. The van der Waals surface area contributed by atoms with Crippen LogP contribution in [0.3, 0.4) is 0 Å². The molecule has 8 aromatic rings. The summed E-state index contributed by atoms with van der Waals surface area (Å²) < 4.78 is 19.3. The summed E-state index contributed by atoms with van der Waals surface area (Å²) in [5.41, 5.74) is 5.52. The molecule has 0 saturated carbocycles. The Hall–Kier alpha value is -7.62. The lowest BCUT2D eigenvalue weighted by Gasteiger charge is -2.27. The summed E-state index contributed by atoms with van der Waals surface area (Å²) in [6.07, 6.45) is 16.4. The Kier molecular flexibility index (Phi) is 19.9. The average molecular weight is 1020 g/mol. The normalized spacial score (nSPS) is 12.2. The molecule has 3 N–H and O–H groups in total. The molecule has 15 heteroatoms. The highest BCUT2D eigenvalue weighted by Crippen LogP contribution is 2.35. The lowest BCUT2D eigenvalue weighted by Crippen LogP contribution is -2.30. The van der Waals surface area contributed by atoms with Crippen LogP contribution < -0.4 is 14.8 Å². The molecule has 0 aliphatic heterocycles. The van der Waals surface area contributed by atoms with Crippen molar-refractivity contribution in [2.24, 2.45) is 0 Å². The lowest BCUT2D eigenvalue weighted by molar-refractivity contribution is 0.0894. The van der Waals surface area contributed by atoms with Gasteiger partial charge in [0.05, 0.1) is 24.5 Å². The molecule has 75 heavy (non-hydrogen) atoms. The van der Waals surface area contributed by atoms with E-state index in [2.05, 4.69) is 51.2 Å². The van der Waals surface area contributed by atoms with Crippen LogP contribution in [0.4, 0.5) is 4.79 Å². The van der Waals surface area contributed by atoms with Crippen LogP contribution in [0.15, 0.2) is 146 Å². The fraction of sp³-hybridized carbons (Fsp3) is 0.367. The molecule has 2 unspecified atom stereocenters. The fourth-order valence-electron chi connectivity index (χ4n) is 8.99. The number of unbranched alkanes of at least 4 members (excludes halogenated alkanes) is 4. The Labute approximate surface area is 441 Å². The van der Waals surface area contributed by atoms with E-state index < -0.39 is 12.2 Å². The molecule has 4 aromatic heterocycles. The van der Waals surface area contributed by atoms with Gasteiger partial charge in [-0.15, -0.1) is 0 Å². The van der Waals surface area contributed by atoms with Crippen molar-refractivity contribution in [3.05, 3.63) is 181 Å². The minimum atomic E-state index is -0.716. The largest absolute Gasteiger partial charge is 0.491 e. The molecule has 4 heterocycles. The fourth-order valence-corrected chi connectivity index (χ4v) is 8.99. The smallest absolute Gasteiger partial charge is 0.327 e. The molecular formula is C60H73N9O6. The van der Waals surface area contributed by atoms with Crippen molar-refractivity contribution < 1.29 is 29.3 Å². The van der Waals surface area contributed by atoms with E-state index in [0.29, 0.717) is 37.6 Å². The summed E-state index contributed by atoms with van der Waals surface area (Å²) in [6, 6.07) is 35.7. The first-order valence-corrected chi connectivity index (χ1v) is 26.2. The molecule has 0 spiro atoms. The Morgan fingerprint density at radius 1 is 0.613 bits per heavy atom. The van der Waals surface area contributed by atoms with Crippen LogP contribution in [-0.4, -0.2) is 92.3 Å². The van der Waals surface area contributed by atoms with E-state index in [-0.39, 0.29) is 30.6 Å².